The number of fused-ring (bicyclic) bond motifs is 2. The van der Waals surface area contributed by atoms with Crippen LogP contribution in [0.4, 0.5) is 17.6 Å². The number of benzene rings is 2. The van der Waals surface area contributed by atoms with Gasteiger partial charge < -0.3 is 20.2 Å². The van der Waals surface area contributed by atoms with Crippen molar-refractivity contribution in [3.8, 4) is 0 Å². The van der Waals surface area contributed by atoms with E-state index < -0.39 is 31.9 Å². The molecule has 2 saturated heterocycles. The Morgan fingerprint density at radius 2 is 1.05 bits per heavy atom. The standard InChI is InChI=1S/C25H34F2N4O3S.C21H30F2N4O2S/c1-24(2,3)23-29-20-12-19(35(33,34)30-14-18(15-30)28-22(32)17-4-5-17)6-7-21(20)31(23)13-16-8-10-25(26,27)11-9-16;1-20(2,3)19-25-17-10-16(30(28,29)26-12-15(24)13-26)4-5-18(17)27(19)11-14-6-8-21(22,23)9-7-14/h6-7,12,16-18H,4-5,8-11,13-15H2,1-3H3,(H,28,32);4-5,10,14-15H,6-9,11-13,24H2,1-3H3. The second-order valence-electron chi connectivity index (χ2n) is 21.4. The number of carbonyl (C=O) groups is 1. The summed E-state index contributed by atoms with van der Waals surface area (Å²) in [6.07, 6.45) is 3.41. The lowest BCUT2D eigenvalue weighted by atomic mass is 9.86. The van der Waals surface area contributed by atoms with Gasteiger partial charge in [0.25, 0.3) is 0 Å². The molecule has 1 amide bonds. The van der Waals surface area contributed by atoms with E-state index in [1.165, 1.54) is 8.61 Å². The molecular weight excluding hydrogens is 885 g/mol. The molecule has 0 spiro atoms. The molecule has 2 aromatic carbocycles. The Labute approximate surface area is 380 Å². The predicted molar refractivity (Wildman–Crippen MR) is 241 cm³/mol. The molecule has 4 aromatic rings. The van der Waals surface area contributed by atoms with Crippen LogP contribution in [0.5, 0.6) is 0 Å². The van der Waals surface area contributed by atoms with E-state index in [9.17, 15) is 39.2 Å². The van der Waals surface area contributed by atoms with Gasteiger partial charge >= 0.3 is 0 Å². The zero-order chi connectivity index (χ0) is 47.1. The third kappa shape index (κ3) is 10.3. The lowest BCUT2D eigenvalue weighted by Gasteiger charge is -2.38. The number of sulfonamides is 2. The summed E-state index contributed by atoms with van der Waals surface area (Å²) in [4.78, 5) is 21.9. The maximum absolute atomic E-state index is 13.7. The molecule has 358 valence electrons. The number of rotatable bonds is 10. The van der Waals surface area contributed by atoms with Gasteiger partial charge in [0.1, 0.15) is 11.6 Å². The van der Waals surface area contributed by atoms with Crippen molar-refractivity contribution >= 4 is 48.0 Å². The summed E-state index contributed by atoms with van der Waals surface area (Å²) < 4.78 is 113. The Kier molecular flexibility index (Phi) is 12.6. The van der Waals surface area contributed by atoms with Crippen molar-refractivity contribution < 1.29 is 39.2 Å². The molecule has 65 heavy (non-hydrogen) atoms. The smallest absolute Gasteiger partial charge is 0.248 e. The minimum absolute atomic E-state index is 0.0235. The van der Waals surface area contributed by atoms with Crippen LogP contribution in [0, 0.1) is 17.8 Å². The fourth-order valence-corrected chi connectivity index (χ4v) is 12.6. The zero-order valence-electron chi connectivity index (χ0n) is 38.3. The third-order valence-electron chi connectivity index (χ3n) is 13.6. The predicted octanol–water partition coefficient (Wildman–Crippen LogP) is 7.55. The van der Waals surface area contributed by atoms with Crippen LogP contribution in [0.25, 0.3) is 22.1 Å². The van der Waals surface area contributed by atoms with Crippen LogP contribution >= 0.6 is 0 Å². The summed E-state index contributed by atoms with van der Waals surface area (Å²) in [5.74, 6) is -3.03. The van der Waals surface area contributed by atoms with Gasteiger partial charge in [-0.2, -0.15) is 8.61 Å². The van der Waals surface area contributed by atoms with Gasteiger partial charge in [-0.05, 0) is 86.8 Å². The van der Waals surface area contributed by atoms with E-state index in [-0.39, 0.29) is 95.1 Å². The second-order valence-corrected chi connectivity index (χ2v) is 25.3. The number of carbonyl (C=O) groups excluding carboxylic acids is 1. The van der Waals surface area contributed by atoms with Crippen molar-refractivity contribution in [2.24, 2.45) is 23.5 Å². The molecule has 0 atom stereocenters. The third-order valence-corrected chi connectivity index (χ3v) is 17.3. The van der Waals surface area contributed by atoms with Gasteiger partial charge in [-0.1, -0.05) is 41.5 Å². The molecule has 3 N–H and O–H groups in total. The molecule has 13 nitrogen and oxygen atoms in total. The van der Waals surface area contributed by atoms with Gasteiger partial charge in [0, 0.05) is 87.7 Å². The van der Waals surface area contributed by atoms with Gasteiger partial charge in [0.15, 0.2) is 0 Å². The highest BCUT2D eigenvalue weighted by Crippen LogP contribution is 2.40. The largest absolute Gasteiger partial charge is 0.350 e. The first-order valence-electron chi connectivity index (χ1n) is 23.0. The molecule has 5 aliphatic rings. The van der Waals surface area contributed by atoms with E-state index in [2.05, 4.69) is 35.2 Å². The Morgan fingerprint density at radius 1 is 0.662 bits per heavy atom. The first-order valence-corrected chi connectivity index (χ1v) is 25.9. The molecule has 4 heterocycles. The van der Waals surface area contributed by atoms with Crippen molar-refractivity contribution in [2.45, 2.75) is 163 Å². The van der Waals surface area contributed by atoms with Crippen LogP contribution in [0.1, 0.15) is 117 Å². The second kappa shape index (κ2) is 17.1. The SMILES string of the molecule is CC(C)(C)c1nc2cc(S(=O)(=O)N3CC(N)C3)ccc2n1CC1CCC(F)(F)CC1.CC(C)(C)c1nc2cc(S(=O)(=O)N3CC(NC(=O)C4CC4)C3)ccc2n1CC1CCC(F)(F)CC1. The number of amides is 1. The van der Waals surface area contributed by atoms with E-state index in [1.807, 2.05) is 20.8 Å². The van der Waals surface area contributed by atoms with Gasteiger partial charge in [-0.3, -0.25) is 4.79 Å². The molecule has 2 aromatic heterocycles. The molecule has 0 unspecified atom stereocenters. The number of alkyl halides is 4. The molecule has 3 aliphatic carbocycles. The van der Waals surface area contributed by atoms with Gasteiger partial charge in [0.2, 0.25) is 37.8 Å². The molecule has 0 radical (unpaired) electrons. The first kappa shape index (κ1) is 47.8. The van der Waals surface area contributed by atoms with Crippen LogP contribution in [0.3, 0.4) is 0 Å². The van der Waals surface area contributed by atoms with Crippen LogP contribution in [-0.4, -0.2) is 101 Å². The van der Waals surface area contributed by atoms with E-state index in [0.717, 1.165) is 35.5 Å². The Morgan fingerprint density at radius 3 is 1.40 bits per heavy atom. The number of imidazole rings is 2. The highest BCUT2D eigenvalue weighted by Gasteiger charge is 2.41. The summed E-state index contributed by atoms with van der Waals surface area (Å²) in [7, 11) is -7.28. The van der Waals surface area contributed by atoms with Crippen molar-refractivity contribution in [3.05, 3.63) is 48.0 Å². The summed E-state index contributed by atoms with van der Waals surface area (Å²) in [6.45, 7) is 14.7. The first-order chi connectivity index (χ1) is 30.2. The fourth-order valence-electron chi connectivity index (χ4n) is 9.49. The summed E-state index contributed by atoms with van der Waals surface area (Å²) >= 11 is 0. The lowest BCUT2D eigenvalue weighted by molar-refractivity contribution is -0.123. The van der Waals surface area contributed by atoms with E-state index in [1.54, 1.807) is 36.4 Å². The molecule has 5 fully saturated rings. The Hall–Kier alpha value is -3.65. The van der Waals surface area contributed by atoms with Crippen molar-refractivity contribution in [1.82, 2.24) is 33.0 Å². The minimum atomic E-state index is -3.70. The fraction of sp³-hybridized carbons (Fsp3) is 0.674. The van der Waals surface area contributed by atoms with Crippen LogP contribution < -0.4 is 11.1 Å². The molecule has 2 aliphatic heterocycles. The average Bonchev–Trinajstić information content (AvgIpc) is 3.89. The number of nitrogens with zero attached hydrogens (tertiary/aromatic N) is 6. The molecule has 0 bridgehead atoms. The van der Waals surface area contributed by atoms with Crippen LogP contribution in [-0.2, 0) is 48.8 Å². The van der Waals surface area contributed by atoms with Crippen LogP contribution in [0.15, 0.2) is 46.2 Å². The highest BCUT2D eigenvalue weighted by atomic mass is 32.2. The summed E-state index contributed by atoms with van der Waals surface area (Å²) in [5.41, 5.74) is 8.07. The summed E-state index contributed by atoms with van der Waals surface area (Å²) in [6, 6.07) is 9.77. The zero-order valence-corrected chi connectivity index (χ0v) is 39.9. The molecule has 19 heteroatoms. The van der Waals surface area contributed by atoms with E-state index >= 15 is 0 Å². The van der Waals surface area contributed by atoms with Crippen LogP contribution in [0.2, 0.25) is 0 Å². The van der Waals surface area contributed by atoms with Gasteiger partial charge in [0.05, 0.1) is 37.9 Å². The topological polar surface area (TPSA) is 166 Å². The number of hydrogen-bond donors (Lipinski definition) is 2. The monoisotopic (exact) mass is 948 g/mol. The quantitative estimate of drug-likeness (QED) is 0.154. The average molecular weight is 949 g/mol. The van der Waals surface area contributed by atoms with Crippen molar-refractivity contribution in [3.63, 3.8) is 0 Å². The lowest BCUT2D eigenvalue weighted by Crippen LogP contribution is -2.61. The molecular formula is C46H64F4N8O5S2. The maximum Gasteiger partial charge on any atom is 0.248 e. The maximum atomic E-state index is 13.7. The van der Waals surface area contributed by atoms with Crippen molar-refractivity contribution in [2.75, 3.05) is 26.2 Å². The highest BCUT2D eigenvalue weighted by molar-refractivity contribution is 7.89. The Balaban J connectivity index is 0.000000179. The number of hydrogen-bond acceptors (Lipinski definition) is 8. The van der Waals surface area contributed by atoms with Gasteiger partial charge in [-0.15, -0.1) is 0 Å². The van der Waals surface area contributed by atoms with Gasteiger partial charge in [-0.25, -0.2) is 44.4 Å². The summed E-state index contributed by atoms with van der Waals surface area (Å²) in [5, 5.41) is 2.93. The molecule has 9 rings (SSSR count). The normalized spacial score (nSPS) is 22.1. The number of aromatic nitrogens is 4. The Bertz CT molecular complexity index is 2640. The number of halogens is 4. The van der Waals surface area contributed by atoms with Crippen molar-refractivity contribution in [1.29, 1.82) is 0 Å². The number of nitrogens with one attached hydrogen (secondary N) is 1. The molecule has 3 saturated carbocycles. The minimum Gasteiger partial charge on any atom is -0.350 e. The van der Waals surface area contributed by atoms with E-state index in [4.69, 9.17) is 15.7 Å². The van der Waals surface area contributed by atoms with E-state index in [0.29, 0.717) is 62.9 Å². The number of nitrogens with two attached hydrogens (primary N) is 1.